The van der Waals surface area contributed by atoms with E-state index in [1.54, 1.807) is 12.4 Å². The minimum absolute atomic E-state index is 0.118. The van der Waals surface area contributed by atoms with Crippen LogP contribution in [0, 0.1) is 0 Å². The van der Waals surface area contributed by atoms with Crippen LogP contribution in [0.5, 0.6) is 0 Å². The summed E-state index contributed by atoms with van der Waals surface area (Å²) in [6.07, 6.45) is 8.79. The molecule has 0 radical (unpaired) electrons. The summed E-state index contributed by atoms with van der Waals surface area (Å²) in [6, 6.07) is 17.8. The summed E-state index contributed by atoms with van der Waals surface area (Å²) in [5.74, 6) is 0.987. The zero-order valence-electron chi connectivity index (χ0n) is 16.7. The van der Waals surface area contributed by atoms with Gasteiger partial charge in [-0.25, -0.2) is 4.98 Å². The Balaban J connectivity index is 1.45. The second-order valence-electron chi connectivity index (χ2n) is 7.53. The summed E-state index contributed by atoms with van der Waals surface area (Å²) in [7, 11) is 0. The van der Waals surface area contributed by atoms with Crippen LogP contribution in [-0.4, -0.2) is 38.3 Å². The number of fused-ring (bicyclic) bond motifs is 1. The van der Waals surface area contributed by atoms with Gasteiger partial charge in [0.1, 0.15) is 11.5 Å². The number of aromatic nitrogens is 3. The maximum absolute atomic E-state index is 12.7. The molecule has 0 unspecified atom stereocenters. The summed E-state index contributed by atoms with van der Waals surface area (Å²) < 4.78 is 1.99. The maximum Gasteiger partial charge on any atom is 0.253 e. The van der Waals surface area contributed by atoms with Crippen molar-refractivity contribution in [1.29, 1.82) is 0 Å². The Morgan fingerprint density at radius 1 is 0.933 bits per heavy atom. The molecule has 0 bridgehead atoms. The van der Waals surface area contributed by atoms with Crippen molar-refractivity contribution in [3.63, 3.8) is 0 Å². The number of piperidine rings is 1. The molecular formula is C24H23N5O. The topological polar surface area (TPSA) is 62.5 Å². The zero-order valence-corrected chi connectivity index (χ0v) is 16.7. The molecule has 1 aliphatic rings. The number of nitrogens with zero attached hydrogens (tertiary/aromatic N) is 4. The third-order valence-corrected chi connectivity index (χ3v) is 5.52. The van der Waals surface area contributed by atoms with Gasteiger partial charge >= 0.3 is 0 Å². The molecule has 0 spiro atoms. The number of anilines is 2. The average molecular weight is 397 g/mol. The van der Waals surface area contributed by atoms with Crippen molar-refractivity contribution in [1.82, 2.24) is 19.3 Å². The van der Waals surface area contributed by atoms with Gasteiger partial charge in [0, 0.05) is 42.3 Å². The fourth-order valence-electron chi connectivity index (χ4n) is 3.94. The van der Waals surface area contributed by atoms with Gasteiger partial charge in [-0.1, -0.05) is 30.3 Å². The van der Waals surface area contributed by atoms with Crippen molar-refractivity contribution >= 4 is 23.1 Å². The molecule has 0 saturated carbocycles. The van der Waals surface area contributed by atoms with Crippen LogP contribution in [0.4, 0.5) is 11.5 Å². The van der Waals surface area contributed by atoms with E-state index in [2.05, 4.69) is 10.3 Å². The molecule has 1 fully saturated rings. The Bertz CT molecular complexity index is 1160. The lowest BCUT2D eigenvalue weighted by Crippen LogP contribution is -2.35. The monoisotopic (exact) mass is 397 g/mol. The maximum atomic E-state index is 12.7. The van der Waals surface area contributed by atoms with E-state index < -0.39 is 0 Å². The second kappa shape index (κ2) is 7.99. The van der Waals surface area contributed by atoms with Gasteiger partial charge in [-0.05, 0) is 43.5 Å². The number of likely N-dealkylation sites (tertiary alicyclic amines) is 1. The molecule has 1 saturated heterocycles. The van der Waals surface area contributed by atoms with Gasteiger partial charge in [0.05, 0.1) is 6.20 Å². The van der Waals surface area contributed by atoms with E-state index in [1.807, 2.05) is 70.1 Å². The second-order valence-corrected chi connectivity index (χ2v) is 7.53. The van der Waals surface area contributed by atoms with Gasteiger partial charge < -0.3 is 10.2 Å². The van der Waals surface area contributed by atoms with E-state index in [1.165, 1.54) is 6.42 Å². The Morgan fingerprint density at radius 3 is 2.47 bits per heavy atom. The summed E-state index contributed by atoms with van der Waals surface area (Å²) in [4.78, 5) is 23.6. The van der Waals surface area contributed by atoms with Crippen LogP contribution in [0.1, 0.15) is 29.6 Å². The van der Waals surface area contributed by atoms with Crippen LogP contribution in [0.3, 0.4) is 0 Å². The predicted octanol–water partition coefficient (Wildman–Crippen LogP) is 4.77. The molecule has 5 rings (SSSR count). The summed E-state index contributed by atoms with van der Waals surface area (Å²) in [5, 5.41) is 3.49. The van der Waals surface area contributed by atoms with Gasteiger partial charge in [0.2, 0.25) is 0 Å². The molecule has 6 nitrogen and oxygen atoms in total. The first-order chi connectivity index (χ1) is 14.8. The van der Waals surface area contributed by atoms with Crippen LogP contribution in [0.2, 0.25) is 0 Å². The van der Waals surface area contributed by atoms with Crippen molar-refractivity contribution in [3.05, 3.63) is 78.8 Å². The highest BCUT2D eigenvalue weighted by Gasteiger charge is 2.18. The molecule has 1 N–H and O–H groups in total. The lowest BCUT2D eigenvalue weighted by molar-refractivity contribution is 0.0724. The molecule has 0 atom stereocenters. The first-order valence-electron chi connectivity index (χ1n) is 10.3. The predicted molar refractivity (Wildman–Crippen MR) is 118 cm³/mol. The van der Waals surface area contributed by atoms with E-state index in [0.29, 0.717) is 0 Å². The van der Waals surface area contributed by atoms with E-state index in [4.69, 9.17) is 4.98 Å². The standard InChI is InChI=1S/C24H23N5O/c30-24(28-14-5-2-6-15-28)19-9-11-20(12-10-19)26-23-22(18-7-3-1-4-8-18)27-21-17-25-13-16-29(21)23/h1,3-4,7-13,16-17,26H,2,5-6,14-15H2. The third kappa shape index (κ3) is 3.52. The molecular weight excluding hydrogens is 374 g/mol. The van der Waals surface area contributed by atoms with Crippen LogP contribution in [-0.2, 0) is 0 Å². The lowest BCUT2D eigenvalue weighted by atomic mass is 10.1. The first-order valence-corrected chi connectivity index (χ1v) is 10.3. The highest BCUT2D eigenvalue weighted by Crippen LogP contribution is 2.31. The van der Waals surface area contributed by atoms with Gasteiger partial charge in [-0.15, -0.1) is 0 Å². The largest absolute Gasteiger partial charge is 0.339 e. The average Bonchev–Trinajstić information content (AvgIpc) is 3.19. The lowest BCUT2D eigenvalue weighted by Gasteiger charge is -2.26. The summed E-state index contributed by atoms with van der Waals surface area (Å²) in [6.45, 7) is 1.71. The van der Waals surface area contributed by atoms with Gasteiger partial charge in [0.15, 0.2) is 5.65 Å². The van der Waals surface area contributed by atoms with Crippen LogP contribution in [0.15, 0.2) is 73.2 Å². The number of imidazole rings is 1. The zero-order chi connectivity index (χ0) is 20.3. The molecule has 30 heavy (non-hydrogen) atoms. The molecule has 4 aromatic rings. The number of rotatable bonds is 4. The third-order valence-electron chi connectivity index (χ3n) is 5.52. The number of carbonyl (C=O) groups excluding carboxylic acids is 1. The van der Waals surface area contributed by atoms with Gasteiger partial charge in [-0.2, -0.15) is 0 Å². The molecule has 150 valence electrons. The SMILES string of the molecule is O=C(c1ccc(Nc2c(-c3ccccc3)nc3cnccn23)cc1)N1CCCCC1. The molecule has 3 heterocycles. The van der Waals surface area contributed by atoms with Gasteiger partial charge in [-0.3, -0.25) is 14.2 Å². The molecule has 1 aliphatic heterocycles. The normalized spacial score (nSPS) is 14.1. The summed E-state index contributed by atoms with van der Waals surface area (Å²) >= 11 is 0. The van der Waals surface area contributed by atoms with E-state index >= 15 is 0 Å². The summed E-state index contributed by atoms with van der Waals surface area (Å²) in [5.41, 5.74) is 4.29. The van der Waals surface area contributed by atoms with Crippen molar-refractivity contribution in [2.75, 3.05) is 18.4 Å². The first kappa shape index (κ1) is 18.4. The number of amides is 1. The molecule has 6 heteroatoms. The Hall–Kier alpha value is -3.67. The van der Waals surface area contributed by atoms with E-state index in [-0.39, 0.29) is 5.91 Å². The highest BCUT2D eigenvalue weighted by atomic mass is 16.2. The molecule has 2 aromatic carbocycles. The Morgan fingerprint density at radius 2 is 1.70 bits per heavy atom. The molecule has 0 aliphatic carbocycles. The molecule has 2 aromatic heterocycles. The van der Waals surface area contributed by atoms with Gasteiger partial charge in [0.25, 0.3) is 5.91 Å². The number of nitrogens with one attached hydrogen (secondary N) is 1. The number of hydrogen-bond acceptors (Lipinski definition) is 4. The number of benzene rings is 2. The number of carbonyl (C=O) groups is 1. The van der Waals surface area contributed by atoms with Crippen LogP contribution >= 0.6 is 0 Å². The van der Waals surface area contributed by atoms with E-state index in [9.17, 15) is 4.79 Å². The fraction of sp³-hybridized carbons (Fsp3) is 0.208. The highest BCUT2D eigenvalue weighted by molar-refractivity contribution is 5.94. The van der Waals surface area contributed by atoms with Crippen molar-refractivity contribution < 1.29 is 4.79 Å². The van der Waals surface area contributed by atoms with E-state index in [0.717, 1.165) is 59.9 Å². The Kier molecular flexibility index (Phi) is 4.89. The fourth-order valence-corrected chi connectivity index (χ4v) is 3.94. The Labute approximate surface area is 175 Å². The molecule has 1 amide bonds. The van der Waals surface area contributed by atoms with Crippen molar-refractivity contribution in [2.24, 2.45) is 0 Å². The van der Waals surface area contributed by atoms with Crippen molar-refractivity contribution in [3.8, 4) is 11.3 Å². The smallest absolute Gasteiger partial charge is 0.253 e. The quantitative estimate of drug-likeness (QED) is 0.539. The van der Waals surface area contributed by atoms with Crippen LogP contribution < -0.4 is 5.32 Å². The van der Waals surface area contributed by atoms with Crippen LogP contribution in [0.25, 0.3) is 16.9 Å². The number of hydrogen-bond donors (Lipinski definition) is 1. The van der Waals surface area contributed by atoms with Crippen molar-refractivity contribution in [2.45, 2.75) is 19.3 Å². The minimum Gasteiger partial charge on any atom is -0.339 e. The minimum atomic E-state index is 0.118.